The van der Waals surface area contributed by atoms with E-state index in [1.54, 1.807) is 0 Å². The first-order chi connectivity index (χ1) is 3.97. The topological polar surface area (TPSA) is 27.6 Å². The second-order valence-corrected chi connectivity index (χ2v) is 2.12. The van der Waals surface area contributed by atoms with Gasteiger partial charge in [0.15, 0.2) is 5.96 Å². The van der Waals surface area contributed by atoms with Crippen molar-refractivity contribution in [3.05, 3.63) is 0 Å². The summed E-state index contributed by atoms with van der Waals surface area (Å²) in [5, 5.41) is 3.19. The molecule has 0 amide bonds. The van der Waals surface area contributed by atoms with E-state index in [0.717, 1.165) is 32.1 Å². The third-order valence-electron chi connectivity index (χ3n) is 1.60. The molecule has 0 aromatic rings. The molecule has 9 heavy (non-hydrogen) atoms. The number of nitrogens with zero attached hydrogens (tertiary/aromatic N) is 2. The summed E-state index contributed by atoms with van der Waals surface area (Å²) in [5.74, 6) is 1.12. The minimum Gasteiger partial charge on any atom is -1.00 e. The van der Waals surface area contributed by atoms with Gasteiger partial charge in [0.25, 0.3) is 0 Å². The minimum absolute atomic E-state index is 0. The summed E-state index contributed by atoms with van der Waals surface area (Å²) >= 11 is 0. The molecule has 0 unspecified atom stereocenters. The van der Waals surface area contributed by atoms with E-state index in [4.69, 9.17) is 0 Å². The van der Waals surface area contributed by atoms with Crippen LogP contribution in [0.15, 0.2) is 4.99 Å². The molecule has 0 aliphatic carbocycles. The van der Waals surface area contributed by atoms with Crippen LogP contribution >= 0.6 is 0 Å². The second-order valence-electron chi connectivity index (χ2n) is 2.12. The van der Waals surface area contributed by atoms with E-state index in [2.05, 4.69) is 15.2 Å². The molecule has 0 aromatic heterocycles. The maximum absolute atomic E-state index is 4.23. The van der Waals surface area contributed by atoms with Crippen molar-refractivity contribution in [2.45, 2.75) is 0 Å². The molecule has 2 aliphatic rings. The monoisotopic (exact) mass is 135 g/mol. The predicted octanol–water partition coefficient (Wildman–Crippen LogP) is -3.62. The maximum atomic E-state index is 4.23. The van der Waals surface area contributed by atoms with Crippen LogP contribution in [-0.4, -0.2) is 37.0 Å². The molecule has 0 radical (unpaired) electrons. The van der Waals surface area contributed by atoms with Crippen LogP contribution in [0.5, 0.6) is 0 Å². The largest absolute Gasteiger partial charge is 1.00 e. The van der Waals surface area contributed by atoms with Crippen molar-refractivity contribution in [2.24, 2.45) is 4.99 Å². The Kier molecular flexibility index (Phi) is 2.38. The van der Waals surface area contributed by atoms with Crippen LogP contribution in [0, 0.1) is 0 Å². The van der Waals surface area contributed by atoms with Crippen LogP contribution in [0.4, 0.5) is 0 Å². The molecule has 1 saturated heterocycles. The number of aliphatic imine (C=N–C) groups is 1. The molecular formula is C5H10N3Na. The van der Waals surface area contributed by atoms with Gasteiger partial charge in [-0.1, -0.05) is 0 Å². The van der Waals surface area contributed by atoms with Gasteiger partial charge in [-0.3, -0.25) is 4.99 Å². The first kappa shape index (κ1) is 7.38. The maximum Gasteiger partial charge on any atom is 1.00 e. The number of rotatable bonds is 0. The van der Waals surface area contributed by atoms with Crippen molar-refractivity contribution in [2.75, 3.05) is 26.2 Å². The second kappa shape index (κ2) is 2.90. The molecule has 2 heterocycles. The average molecular weight is 135 g/mol. The summed E-state index contributed by atoms with van der Waals surface area (Å²) in [6.45, 7) is 4.35. The number of hydrogen-bond acceptors (Lipinski definition) is 3. The fraction of sp³-hybridized carbons (Fsp3) is 0.800. The molecule has 2 rings (SSSR count). The van der Waals surface area contributed by atoms with E-state index in [9.17, 15) is 0 Å². The predicted molar refractivity (Wildman–Crippen MR) is 33.0 cm³/mol. The van der Waals surface area contributed by atoms with Gasteiger partial charge in [0.1, 0.15) is 0 Å². The number of nitrogens with one attached hydrogen (secondary N) is 1. The quantitative estimate of drug-likeness (QED) is 0.347. The fourth-order valence-corrected chi connectivity index (χ4v) is 1.17. The van der Waals surface area contributed by atoms with Crippen LogP contribution in [0.2, 0.25) is 0 Å². The number of fused-ring (bicyclic) bond motifs is 1. The van der Waals surface area contributed by atoms with Crippen molar-refractivity contribution < 1.29 is 31.0 Å². The molecule has 1 N–H and O–H groups in total. The molecule has 0 atom stereocenters. The van der Waals surface area contributed by atoms with Crippen molar-refractivity contribution in [1.29, 1.82) is 0 Å². The Bertz CT molecular complexity index is 139. The normalized spacial score (nSPS) is 22.2. The number of hydrogen-bond donors (Lipinski definition) is 1. The van der Waals surface area contributed by atoms with Crippen LogP contribution < -0.4 is 34.9 Å². The Labute approximate surface area is 78.3 Å². The van der Waals surface area contributed by atoms with Gasteiger partial charge in [0.2, 0.25) is 0 Å². The van der Waals surface area contributed by atoms with E-state index in [1.807, 2.05) is 0 Å². The van der Waals surface area contributed by atoms with Gasteiger partial charge in [-0.05, 0) is 0 Å². The molecule has 2 aliphatic heterocycles. The Balaban J connectivity index is 0.000000405. The Morgan fingerprint density at radius 2 is 2.44 bits per heavy atom. The zero-order chi connectivity index (χ0) is 5.40. The summed E-state index contributed by atoms with van der Waals surface area (Å²) in [4.78, 5) is 6.51. The Morgan fingerprint density at radius 1 is 1.56 bits per heavy atom. The van der Waals surface area contributed by atoms with Crippen LogP contribution in [0.25, 0.3) is 0 Å². The van der Waals surface area contributed by atoms with Gasteiger partial charge in [-0.25, -0.2) is 0 Å². The Morgan fingerprint density at radius 3 is 3.22 bits per heavy atom. The molecule has 0 bridgehead atoms. The first-order valence-corrected chi connectivity index (χ1v) is 3.00. The van der Waals surface area contributed by atoms with Crippen LogP contribution in [0.1, 0.15) is 1.43 Å². The zero-order valence-electron chi connectivity index (χ0n) is 6.72. The number of guanidine groups is 1. The van der Waals surface area contributed by atoms with Gasteiger partial charge in [-0.2, -0.15) is 0 Å². The van der Waals surface area contributed by atoms with Crippen LogP contribution in [0.3, 0.4) is 0 Å². The SMILES string of the molecule is C1CN2CCNC2=N1.[H-].[Na+]. The van der Waals surface area contributed by atoms with Crippen molar-refractivity contribution in [3.63, 3.8) is 0 Å². The van der Waals surface area contributed by atoms with Crippen molar-refractivity contribution in [3.8, 4) is 0 Å². The standard InChI is InChI=1S/C5H9N3.Na.H/c1-3-8-4-2-7-5(8)6-1;;/h1-4H2,(H,6,7);;/q;+1;-1. The van der Waals surface area contributed by atoms with Gasteiger partial charge >= 0.3 is 29.6 Å². The third-order valence-corrected chi connectivity index (χ3v) is 1.60. The minimum atomic E-state index is 0. The molecule has 0 spiro atoms. The van der Waals surface area contributed by atoms with Crippen LogP contribution in [-0.2, 0) is 0 Å². The summed E-state index contributed by atoms with van der Waals surface area (Å²) < 4.78 is 0. The zero-order valence-corrected chi connectivity index (χ0v) is 7.72. The van der Waals surface area contributed by atoms with Gasteiger partial charge in [-0.15, -0.1) is 0 Å². The van der Waals surface area contributed by atoms with E-state index < -0.39 is 0 Å². The summed E-state index contributed by atoms with van der Waals surface area (Å²) in [6.07, 6.45) is 0. The smallest absolute Gasteiger partial charge is 1.00 e. The molecule has 0 saturated carbocycles. The molecular weight excluding hydrogens is 125 g/mol. The summed E-state index contributed by atoms with van der Waals surface area (Å²) in [6, 6.07) is 0. The fourth-order valence-electron chi connectivity index (χ4n) is 1.17. The van der Waals surface area contributed by atoms with Gasteiger partial charge < -0.3 is 11.6 Å². The van der Waals surface area contributed by atoms with E-state index in [1.165, 1.54) is 0 Å². The first-order valence-electron chi connectivity index (χ1n) is 3.00. The molecule has 0 aromatic carbocycles. The molecule has 4 heteroatoms. The van der Waals surface area contributed by atoms with E-state index in [-0.39, 0.29) is 31.0 Å². The Hall–Kier alpha value is 0.270. The summed E-state index contributed by atoms with van der Waals surface area (Å²) in [7, 11) is 0. The van der Waals surface area contributed by atoms with E-state index in [0.29, 0.717) is 0 Å². The van der Waals surface area contributed by atoms with Crippen molar-refractivity contribution in [1.82, 2.24) is 10.2 Å². The summed E-state index contributed by atoms with van der Waals surface area (Å²) in [5.41, 5.74) is 0. The van der Waals surface area contributed by atoms with Gasteiger partial charge in [0, 0.05) is 19.6 Å². The molecule has 1 fully saturated rings. The van der Waals surface area contributed by atoms with E-state index >= 15 is 0 Å². The average Bonchev–Trinajstić information content (AvgIpc) is 2.15. The third kappa shape index (κ3) is 1.23. The van der Waals surface area contributed by atoms with Crippen molar-refractivity contribution >= 4 is 5.96 Å². The molecule has 3 nitrogen and oxygen atoms in total. The van der Waals surface area contributed by atoms with Gasteiger partial charge in [0.05, 0.1) is 6.54 Å². The molecule has 46 valence electrons.